The fraction of sp³-hybridized carbons (Fsp3) is 0.652. The molecule has 1 N–H and O–H groups in total. The van der Waals surface area contributed by atoms with Gasteiger partial charge < -0.3 is 5.32 Å². The van der Waals surface area contributed by atoms with Crippen LogP contribution in [0.25, 0.3) is 5.65 Å². The van der Waals surface area contributed by atoms with E-state index >= 15 is 0 Å². The van der Waals surface area contributed by atoms with Gasteiger partial charge in [0.15, 0.2) is 0 Å². The SMILES string of the molecule is CCCc1nc2ccccn2c1C(=O)NC1CCCCCCCCCCC1. The van der Waals surface area contributed by atoms with Gasteiger partial charge in [0.05, 0.1) is 5.69 Å². The van der Waals surface area contributed by atoms with E-state index in [0.29, 0.717) is 6.04 Å². The van der Waals surface area contributed by atoms with Gasteiger partial charge >= 0.3 is 0 Å². The number of pyridine rings is 1. The first-order chi connectivity index (χ1) is 13.3. The van der Waals surface area contributed by atoms with Gasteiger partial charge in [-0.05, 0) is 31.4 Å². The van der Waals surface area contributed by atoms with Crippen molar-refractivity contribution in [2.45, 2.75) is 96.4 Å². The van der Waals surface area contributed by atoms with Gasteiger partial charge in [-0.2, -0.15) is 0 Å². The van der Waals surface area contributed by atoms with Crippen molar-refractivity contribution in [1.29, 1.82) is 0 Å². The second kappa shape index (κ2) is 10.5. The lowest BCUT2D eigenvalue weighted by molar-refractivity contribution is 0.0924. The molecule has 0 bridgehead atoms. The minimum atomic E-state index is 0.0502. The molecule has 0 atom stereocenters. The maximum atomic E-state index is 13.2. The smallest absolute Gasteiger partial charge is 0.270 e. The lowest BCUT2D eigenvalue weighted by Crippen LogP contribution is -2.36. The Hall–Kier alpha value is -1.84. The second-order valence-corrected chi connectivity index (χ2v) is 8.02. The van der Waals surface area contributed by atoms with E-state index in [-0.39, 0.29) is 5.91 Å². The van der Waals surface area contributed by atoms with E-state index in [1.165, 1.54) is 57.8 Å². The first-order valence-electron chi connectivity index (χ1n) is 11.1. The Labute approximate surface area is 163 Å². The van der Waals surface area contributed by atoms with Crippen LogP contribution in [0, 0.1) is 0 Å². The molecular formula is C23H35N3O. The molecule has 1 saturated carbocycles. The van der Waals surface area contributed by atoms with Crippen LogP contribution in [0.15, 0.2) is 24.4 Å². The molecule has 27 heavy (non-hydrogen) atoms. The zero-order valence-electron chi connectivity index (χ0n) is 16.9. The maximum Gasteiger partial charge on any atom is 0.270 e. The Morgan fingerprint density at radius 3 is 2.30 bits per heavy atom. The summed E-state index contributed by atoms with van der Waals surface area (Å²) in [4.78, 5) is 17.9. The number of amides is 1. The molecule has 148 valence electrons. The molecule has 4 heteroatoms. The summed E-state index contributed by atoms with van der Waals surface area (Å²) >= 11 is 0. The van der Waals surface area contributed by atoms with E-state index in [0.717, 1.165) is 42.7 Å². The number of imidazole rings is 1. The zero-order chi connectivity index (χ0) is 18.9. The summed E-state index contributed by atoms with van der Waals surface area (Å²) in [7, 11) is 0. The Morgan fingerprint density at radius 1 is 1.04 bits per heavy atom. The Morgan fingerprint density at radius 2 is 1.67 bits per heavy atom. The van der Waals surface area contributed by atoms with Crippen molar-refractivity contribution in [3.8, 4) is 0 Å². The summed E-state index contributed by atoms with van der Waals surface area (Å²) in [6, 6.07) is 6.22. The summed E-state index contributed by atoms with van der Waals surface area (Å²) in [5, 5.41) is 3.36. The molecule has 1 aliphatic rings. The monoisotopic (exact) mass is 369 g/mol. The largest absolute Gasteiger partial charge is 0.348 e. The van der Waals surface area contributed by atoms with Gasteiger partial charge in [0.25, 0.3) is 5.91 Å². The average Bonchev–Trinajstić information content (AvgIpc) is 3.02. The number of hydrogen-bond acceptors (Lipinski definition) is 2. The lowest BCUT2D eigenvalue weighted by Gasteiger charge is -2.20. The molecule has 1 amide bonds. The normalized spacial score (nSPS) is 18.0. The molecular weight excluding hydrogens is 334 g/mol. The van der Waals surface area contributed by atoms with Crippen LogP contribution in [-0.2, 0) is 6.42 Å². The number of carbonyl (C=O) groups excluding carboxylic acids is 1. The van der Waals surface area contributed by atoms with Crippen molar-refractivity contribution in [2.75, 3.05) is 0 Å². The van der Waals surface area contributed by atoms with Crippen LogP contribution in [0.4, 0.5) is 0 Å². The molecule has 3 rings (SSSR count). The predicted octanol–water partition coefficient (Wildman–Crippen LogP) is 5.69. The van der Waals surface area contributed by atoms with E-state index < -0.39 is 0 Å². The van der Waals surface area contributed by atoms with E-state index in [1.807, 2.05) is 28.8 Å². The van der Waals surface area contributed by atoms with Gasteiger partial charge in [0, 0.05) is 12.2 Å². The van der Waals surface area contributed by atoms with E-state index in [4.69, 9.17) is 4.98 Å². The van der Waals surface area contributed by atoms with Gasteiger partial charge in [0.1, 0.15) is 11.3 Å². The Bertz CT molecular complexity index is 709. The number of aryl methyl sites for hydroxylation is 1. The number of nitrogens with one attached hydrogen (secondary N) is 1. The highest BCUT2D eigenvalue weighted by Crippen LogP contribution is 2.19. The molecule has 1 aliphatic carbocycles. The minimum Gasteiger partial charge on any atom is -0.348 e. The fourth-order valence-corrected chi connectivity index (χ4v) is 4.26. The van der Waals surface area contributed by atoms with Gasteiger partial charge in [0.2, 0.25) is 0 Å². The topological polar surface area (TPSA) is 46.4 Å². The fourth-order valence-electron chi connectivity index (χ4n) is 4.26. The highest BCUT2D eigenvalue weighted by molar-refractivity contribution is 5.95. The molecule has 1 fully saturated rings. The Balaban J connectivity index is 1.72. The summed E-state index contributed by atoms with van der Waals surface area (Å²) in [6.45, 7) is 2.14. The van der Waals surface area contributed by atoms with Gasteiger partial charge in [-0.25, -0.2) is 4.98 Å². The molecule has 0 radical (unpaired) electrons. The standard InChI is InChI=1S/C23H35N3O/c1-2-14-20-22(26-18-13-12-17-21(26)25-20)23(27)24-19-15-10-8-6-4-3-5-7-9-11-16-19/h12-13,17-19H,2-11,14-16H2,1H3,(H,24,27). The molecule has 0 aromatic carbocycles. The number of rotatable bonds is 4. The van der Waals surface area contributed by atoms with E-state index in [1.54, 1.807) is 0 Å². The Kier molecular flexibility index (Phi) is 7.73. The van der Waals surface area contributed by atoms with Crippen molar-refractivity contribution >= 4 is 11.6 Å². The van der Waals surface area contributed by atoms with Gasteiger partial charge in [-0.3, -0.25) is 9.20 Å². The third-order valence-electron chi connectivity index (χ3n) is 5.74. The number of fused-ring (bicyclic) bond motifs is 1. The molecule has 0 aliphatic heterocycles. The first-order valence-corrected chi connectivity index (χ1v) is 11.1. The number of aromatic nitrogens is 2. The van der Waals surface area contributed by atoms with Gasteiger partial charge in [-0.15, -0.1) is 0 Å². The third kappa shape index (κ3) is 5.57. The zero-order valence-corrected chi connectivity index (χ0v) is 16.9. The van der Waals surface area contributed by atoms with Crippen molar-refractivity contribution in [3.63, 3.8) is 0 Å². The van der Waals surface area contributed by atoms with Crippen LogP contribution >= 0.6 is 0 Å². The summed E-state index contributed by atoms with van der Waals surface area (Å²) in [5.41, 5.74) is 2.53. The van der Waals surface area contributed by atoms with Crippen LogP contribution in [0.5, 0.6) is 0 Å². The average molecular weight is 370 g/mol. The quantitative estimate of drug-likeness (QED) is 0.752. The maximum absolute atomic E-state index is 13.2. The minimum absolute atomic E-state index is 0.0502. The molecule has 0 saturated heterocycles. The summed E-state index contributed by atoms with van der Waals surface area (Å²) in [6.07, 6.45) is 17.9. The van der Waals surface area contributed by atoms with Crippen LogP contribution in [0.1, 0.15) is 100 Å². The molecule has 0 spiro atoms. The van der Waals surface area contributed by atoms with Crippen LogP contribution < -0.4 is 5.32 Å². The number of hydrogen-bond donors (Lipinski definition) is 1. The lowest BCUT2D eigenvalue weighted by atomic mass is 9.98. The predicted molar refractivity (Wildman–Crippen MR) is 111 cm³/mol. The van der Waals surface area contributed by atoms with Gasteiger partial charge in [-0.1, -0.05) is 77.2 Å². The summed E-state index contributed by atoms with van der Waals surface area (Å²) < 4.78 is 1.95. The molecule has 2 aromatic rings. The molecule has 4 nitrogen and oxygen atoms in total. The molecule has 0 unspecified atom stereocenters. The van der Waals surface area contributed by atoms with Crippen LogP contribution in [-0.4, -0.2) is 21.3 Å². The van der Waals surface area contributed by atoms with E-state index in [2.05, 4.69) is 12.2 Å². The number of nitrogens with zero attached hydrogens (tertiary/aromatic N) is 2. The van der Waals surface area contributed by atoms with Crippen molar-refractivity contribution in [2.24, 2.45) is 0 Å². The molecule has 2 aromatic heterocycles. The van der Waals surface area contributed by atoms with Crippen LogP contribution in [0.3, 0.4) is 0 Å². The van der Waals surface area contributed by atoms with Crippen LogP contribution in [0.2, 0.25) is 0 Å². The van der Waals surface area contributed by atoms with Crippen molar-refractivity contribution in [1.82, 2.24) is 14.7 Å². The first kappa shape index (κ1) is 19.9. The van der Waals surface area contributed by atoms with Crippen molar-refractivity contribution < 1.29 is 4.79 Å². The highest BCUT2D eigenvalue weighted by atomic mass is 16.2. The number of carbonyl (C=O) groups is 1. The second-order valence-electron chi connectivity index (χ2n) is 8.02. The van der Waals surface area contributed by atoms with E-state index in [9.17, 15) is 4.79 Å². The highest BCUT2D eigenvalue weighted by Gasteiger charge is 2.21. The van der Waals surface area contributed by atoms with Crippen molar-refractivity contribution in [3.05, 3.63) is 35.8 Å². The third-order valence-corrected chi connectivity index (χ3v) is 5.74. The molecule has 2 heterocycles. The summed E-state index contributed by atoms with van der Waals surface area (Å²) in [5.74, 6) is 0.0502.